The molecule has 1 aromatic heterocycles. The number of primary amides is 1. The number of aromatic nitrogens is 1. The van der Waals surface area contributed by atoms with Gasteiger partial charge in [0.25, 0.3) is 0 Å². The number of carbonyl (C=O) groups is 1. The molecule has 0 aliphatic carbocycles. The van der Waals surface area contributed by atoms with Gasteiger partial charge in [0.15, 0.2) is 0 Å². The van der Waals surface area contributed by atoms with Gasteiger partial charge in [0, 0.05) is 11.4 Å². The molecule has 0 aliphatic rings. The van der Waals surface area contributed by atoms with Gasteiger partial charge in [-0.15, -0.1) is 0 Å². The number of nitrogens with zero attached hydrogens (tertiary/aromatic N) is 1. The lowest BCUT2D eigenvalue weighted by atomic mass is 10.0. The summed E-state index contributed by atoms with van der Waals surface area (Å²) in [6.07, 6.45) is 2.37. The first-order valence-electron chi connectivity index (χ1n) is 5.48. The number of hydrogen-bond donors (Lipinski definition) is 2. The molecule has 0 aliphatic heterocycles. The summed E-state index contributed by atoms with van der Waals surface area (Å²) >= 11 is 0. The van der Waals surface area contributed by atoms with Gasteiger partial charge in [0.2, 0.25) is 5.91 Å². The number of nitrogens with two attached hydrogens (primary N) is 2. The fourth-order valence-corrected chi connectivity index (χ4v) is 1.63. The van der Waals surface area contributed by atoms with Gasteiger partial charge < -0.3 is 11.5 Å². The van der Waals surface area contributed by atoms with Gasteiger partial charge in [-0.25, -0.2) is 0 Å². The van der Waals surface area contributed by atoms with Crippen LogP contribution in [0.5, 0.6) is 0 Å². The van der Waals surface area contributed by atoms with Crippen LogP contribution in [-0.2, 0) is 11.2 Å². The lowest BCUT2D eigenvalue weighted by Gasteiger charge is -2.08. The Balaban J connectivity index is 2.46. The topological polar surface area (TPSA) is 82.0 Å². The molecule has 4 N–H and O–H groups in total. The zero-order valence-corrected chi connectivity index (χ0v) is 9.86. The summed E-state index contributed by atoms with van der Waals surface area (Å²) in [5.74, 6) is -0.432. The van der Waals surface area contributed by atoms with Gasteiger partial charge in [-0.3, -0.25) is 9.78 Å². The SMILES string of the molecule is Cc1ccc(CCC[C@H](N)C(N)=O)c(C)n1. The standard InChI is InChI=1S/C12H19N3O/c1-8-6-7-10(9(2)15-8)4-3-5-11(13)12(14)16/h6-7,11H,3-5,13H2,1-2H3,(H2,14,16)/t11-/m0/s1. The molecule has 16 heavy (non-hydrogen) atoms. The Morgan fingerprint density at radius 1 is 1.44 bits per heavy atom. The molecule has 4 heteroatoms. The van der Waals surface area contributed by atoms with Crippen molar-refractivity contribution in [1.82, 2.24) is 4.98 Å². The largest absolute Gasteiger partial charge is 0.368 e. The quantitative estimate of drug-likeness (QED) is 0.772. The van der Waals surface area contributed by atoms with Gasteiger partial charge in [0.05, 0.1) is 6.04 Å². The highest BCUT2D eigenvalue weighted by Crippen LogP contribution is 2.10. The highest BCUT2D eigenvalue weighted by Gasteiger charge is 2.08. The fraction of sp³-hybridized carbons (Fsp3) is 0.500. The Bertz CT molecular complexity index is 377. The molecule has 1 amide bonds. The summed E-state index contributed by atoms with van der Waals surface area (Å²) in [7, 11) is 0. The normalized spacial score (nSPS) is 12.4. The van der Waals surface area contributed by atoms with Crippen molar-refractivity contribution in [1.29, 1.82) is 0 Å². The van der Waals surface area contributed by atoms with Crippen LogP contribution in [0, 0.1) is 13.8 Å². The second-order valence-corrected chi connectivity index (χ2v) is 4.10. The van der Waals surface area contributed by atoms with Crippen LogP contribution >= 0.6 is 0 Å². The van der Waals surface area contributed by atoms with E-state index in [0.29, 0.717) is 6.42 Å². The maximum atomic E-state index is 10.7. The molecule has 1 rings (SSSR count). The smallest absolute Gasteiger partial charge is 0.234 e. The van der Waals surface area contributed by atoms with E-state index in [2.05, 4.69) is 11.1 Å². The second kappa shape index (κ2) is 5.61. The van der Waals surface area contributed by atoms with E-state index in [1.807, 2.05) is 19.9 Å². The molecular weight excluding hydrogens is 202 g/mol. The van der Waals surface area contributed by atoms with Crippen molar-refractivity contribution in [3.63, 3.8) is 0 Å². The van der Waals surface area contributed by atoms with Crippen LogP contribution in [0.15, 0.2) is 12.1 Å². The van der Waals surface area contributed by atoms with E-state index < -0.39 is 11.9 Å². The van der Waals surface area contributed by atoms with E-state index in [9.17, 15) is 4.79 Å². The number of aryl methyl sites for hydroxylation is 3. The highest BCUT2D eigenvalue weighted by atomic mass is 16.1. The highest BCUT2D eigenvalue weighted by molar-refractivity contribution is 5.79. The molecule has 0 aromatic carbocycles. The minimum atomic E-state index is -0.529. The monoisotopic (exact) mass is 221 g/mol. The molecule has 0 radical (unpaired) electrons. The molecule has 88 valence electrons. The Kier molecular flexibility index (Phi) is 4.43. The van der Waals surface area contributed by atoms with Gasteiger partial charge in [-0.1, -0.05) is 6.07 Å². The summed E-state index contributed by atoms with van der Waals surface area (Å²) < 4.78 is 0. The van der Waals surface area contributed by atoms with Crippen molar-refractivity contribution in [2.45, 2.75) is 39.2 Å². The number of hydrogen-bond acceptors (Lipinski definition) is 3. The summed E-state index contributed by atoms with van der Waals surface area (Å²) in [4.78, 5) is 15.1. The van der Waals surface area contributed by atoms with Crippen molar-refractivity contribution in [3.8, 4) is 0 Å². The van der Waals surface area contributed by atoms with Crippen molar-refractivity contribution in [3.05, 3.63) is 29.1 Å². The van der Waals surface area contributed by atoms with Crippen molar-refractivity contribution >= 4 is 5.91 Å². The zero-order valence-electron chi connectivity index (χ0n) is 9.86. The van der Waals surface area contributed by atoms with Gasteiger partial charge in [0.1, 0.15) is 0 Å². The molecule has 0 bridgehead atoms. The molecule has 0 fully saturated rings. The zero-order chi connectivity index (χ0) is 12.1. The van der Waals surface area contributed by atoms with E-state index in [0.717, 1.165) is 24.2 Å². The van der Waals surface area contributed by atoms with Gasteiger partial charge in [-0.05, 0) is 44.7 Å². The van der Waals surface area contributed by atoms with Gasteiger partial charge in [-0.2, -0.15) is 0 Å². The Hall–Kier alpha value is -1.42. The summed E-state index contributed by atoms with van der Waals surface area (Å²) in [5.41, 5.74) is 13.9. The molecule has 0 unspecified atom stereocenters. The Labute approximate surface area is 96.0 Å². The first-order valence-corrected chi connectivity index (χ1v) is 5.48. The second-order valence-electron chi connectivity index (χ2n) is 4.10. The molecular formula is C12H19N3O. The predicted molar refractivity (Wildman–Crippen MR) is 63.8 cm³/mol. The number of carbonyl (C=O) groups excluding carboxylic acids is 1. The Morgan fingerprint density at radius 3 is 2.69 bits per heavy atom. The first kappa shape index (κ1) is 12.6. The van der Waals surface area contributed by atoms with Crippen LogP contribution in [-0.4, -0.2) is 16.9 Å². The average Bonchev–Trinajstić information content (AvgIpc) is 2.20. The minimum Gasteiger partial charge on any atom is -0.368 e. The van der Waals surface area contributed by atoms with E-state index in [1.54, 1.807) is 0 Å². The summed E-state index contributed by atoms with van der Waals surface area (Å²) in [6.45, 7) is 3.97. The number of amides is 1. The minimum absolute atomic E-state index is 0.432. The number of pyridine rings is 1. The maximum absolute atomic E-state index is 10.7. The van der Waals surface area contributed by atoms with Crippen LogP contribution in [0.3, 0.4) is 0 Å². The number of rotatable bonds is 5. The third-order valence-electron chi connectivity index (χ3n) is 2.66. The van der Waals surface area contributed by atoms with E-state index in [4.69, 9.17) is 11.5 Å². The molecule has 1 heterocycles. The fourth-order valence-electron chi connectivity index (χ4n) is 1.63. The van der Waals surface area contributed by atoms with E-state index in [1.165, 1.54) is 5.56 Å². The van der Waals surface area contributed by atoms with Crippen LogP contribution < -0.4 is 11.5 Å². The molecule has 1 atom stereocenters. The first-order chi connectivity index (χ1) is 7.50. The van der Waals surface area contributed by atoms with Crippen molar-refractivity contribution in [2.75, 3.05) is 0 Å². The van der Waals surface area contributed by atoms with Gasteiger partial charge >= 0.3 is 0 Å². The lowest BCUT2D eigenvalue weighted by Crippen LogP contribution is -2.36. The van der Waals surface area contributed by atoms with Crippen molar-refractivity contribution < 1.29 is 4.79 Å². The average molecular weight is 221 g/mol. The predicted octanol–water partition coefficient (Wildman–Crippen LogP) is 0.834. The van der Waals surface area contributed by atoms with Crippen LogP contribution in [0.25, 0.3) is 0 Å². The molecule has 4 nitrogen and oxygen atoms in total. The summed E-state index contributed by atoms with van der Waals surface area (Å²) in [6, 6.07) is 3.54. The van der Waals surface area contributed by atoms with Crippen LogP contribution in [0.4, 0.5) is 0 Å². The molecule has 0 saturated carbocycles. The Morgan fingerprint density at radius 2 is 2.12 bits per heavy atom. The molecule has 0 spiro atoms. The third-order valence-corrected chi connectivity index (χ3v) is 2.66. The van der Waals surface area contributed by atoms with Crippen molar-refractivity contribution in [2.24, 2.45) is 11.5 Å². The van der Waals surface area contributed by atoms with E-state index >= 15 is 0 Å². The summed E-state index contributed by atoms with van der Waals surface area (Å²) in [5, 5.41) is 0. The van der Waals surface area contributed by atoms with Crippen LogP contribution in [0.2, 0.25) is 0 Å². The lowest BCUT2D eigenvalue weighted by molar-refractivity contribution is -0.119. The third kappa shape index (κ3) is 3.62. The molecule has 0 saturated heterocycles. The molecule has 1 aromatic rings. The van der Waals surface area contributed by atoms with E-state index in [-0.39, 0.29) is 0 Å². The van der Waals surface area contributed by atoms with Crippen LogP contribution in [0.1, 0.15) is 29.8 Å². The maximum Gasteiger partial charge on any atom is 0.234 e.